The van der Waals surface area contributed by atoms with Crippen LogP contribution in [-0.2, 0) is 6.54 Å². The molecule has 1 aliphatic carbocycles. The van der Waals surface area contributed by atoms with E-state index in [0.717, 1.165) is 24.1 Å². The maximum absolute atomic E-state index is 5.98. The molecule has 2 atom stereocenters. The van der Waals surface area contributed by atoms with Gasteiger partial charge in [0.15, 0.2) is 0 Å². The molecule has 1 aliphatic rings. The van der Waals surface area contributed by atoms with Crippen LogP contribution in [-0.4, -0.2) is 16.1 Å². The van der Waals surface area contributed by atoms with Crippen molar-refractivity contribution in [2.45, 2.75) is 59.6 Å². The maximum Gasteiger partial charge on any atom is 0.316 e. The number of ether oxygens (including phenoxy) is 1. The highest BCUT2D eigenvalue weighted by atomic mass is 16.5. The molecule has 0 aliphatic heterocycles. The van der Waals surface area contributed by atoms with Crippen LogP contribution < -0.4 is 10.5 Å². The van der Waals surface area contributed by atoms with Gasteiger partial charge in [0, 0.05) is 24.0 Å². The number of aryl methyl sites for hydroxylation is 1. The lowest BCUT2D eigenvalue weighted by atomic mass is 9.71. The summed E-state index contributed by atoms with van der Waals surface area (Å²) in [6.07, 6.45) is 5.42. The van der Waals surface area contributed by atoms with Gasteiger partial charge in [0.25, 0.3) is 0 Å². The summed E-state index contributed by atoms with van der Waals surface area (Å²) in [6, 6.07) is 0.490. The van der Waals surface area contributed by atoms with Gasteiger partial charge in [0.1, 0.15) is 6.10 Å². The van der Waals surface area contributed by atoms with E-state index >= 15 is 0 Å². The first-order valence-corrected chi connectivity index (χ1v) is 7.09. The molecule has 0 saturated heterocycles. The molecular formula is C15H25N3O. The minimum atomic E-state index is 0.224. The molecule has 2 N–H and O–H groups in total. The Balaban J connectivity index is 2.06. The first-order valence-electron chi connectivity index (χ1n) is 7.09. The van der Waals surface area contributed by atoms with E-state index in [-0.39, 0.29) is 6.10 Å². The van der Waals surface area contributed by atoms with Crippen LogP contribution in [0.2, 0.25) is 0 Å². The molecule has 1 aromatic heterocycles. The summed E-state index contributed by atoms with van der Waals surface area (Å²) >= 11 is 0. The van der Waals surface area contributed by atoms with E-state index in [9.17, 15) is 0 Å². The normalized spacial score (nSPS) is 26.2. The summed E-state index contributed by atoms with van der Waals surface area (Å²) in [7, 11) is 0. The fourth-order valence-corrected chi connectivity index (χ4v) is 3.23. The smallest absolute Gasteiger partial charge is 0.316 e. The van der Waals surface area contributed by atoms with Crippen LogP contribution in [0.5, 0.6) is 6.01 Å². The highest BCUT2D eigenvalue weighted by molar-refractivity contribution is 5.17. The van der Waals surface area contributed by atoms with Gasteiger partial charge in [-0.25, -0.2) is 9.97 Å². The fourth-order valence-electron chi connectivity index (χ4n) is 3.23. The quantitative estimate of drug-likeness (QED) is 0.911. The van der Waals surface area contributed by atoms with Gasteiger partial charge in [0.05, 0.1) is 0 Å². The van der Waals surface area contributed by atoms with Gasteiger partial charge >= 0.3 is 6.01 Å². The van der Waals surface area contributed by atoms with Crippen LogP contribution in [0.15, 0.2) is 6.20 Å². The van der Waals surface area contributed by atoms with Crippen molar-refractivity contribution in [3.63, 3.8) is 0 Å². The Labute approximate surface area is 115 Å². The summed E-state index contributed by atoms with van der Waals surface area (Å²) in [6.45, 7) is 9.33. The summed E-state index contributed by atoms with van der Waals surface area (Å²) in [5, 5.41) is 0. The first-order chi connectivity index (χ1) is 8.89. The molecule has 19 heavy (non-hydrogen) atoms. The minimum Gasteiger partial charge on any atom is -0.460 e. The van der Waals surface area contributed by atoms with Crippen molar-refractivity contribution in [1.82, 2.24) is 9.97 Å². The number of nitrogens with two attached hydrogens (primary N) is 1. The third-order valence-corrected chi connectivity index (χ3v) is 3.90. The number of rotatable bonds is 3. The van der Waals surface area contributed by atoms with Crippen molar-refractivity contribution in [2.75, 3.05) is 0 Å². The lowest BCUT2D eigenvalue weighted by molar-refractivity contribution is 0.0498. The molecule has 1 heterocycles. The number of nitrogens with zero attached hydrogens (tertiary/aromatic N) is 2. The van der Waals surface area contributed by atoms with Crippen molar-refractivity contribution in [3.8, 4) is 6.01 Å². The Morgan fingerprint density at radius 1 is 1.42 bits per heavy atom. The predicted octanol–water partition coefficient (Wildman–Crippen LogP) is 2.84. The van der Waals surface area contributed by atoms with Gasteiger partial charge in [0.2, 0.25) is 0 Å². The molecule has 4 nitrogen and oxygen atoms in total. The van der Waals surface area contributed by atoms with Crippen molar-refractivity contribution in [1.29, 1.82) is 0 Å². The summed E-state index contributed by atoms with van der Waals surface area (Å²) in [5.74, 6) is 0.693. The molecule has 1 aromatic rings. The zero-order chi connectivity index (χ0) is 14.0. The summed E-state index contributed by atoms with van der Waals surface area (Å²) < 4.78 is 5.98. The van der Waals surface area contributed by atoms with E-state index in [1.165, 1.54) is 6.42 Å². The molecule has 106 valence electrons. The van der Waals surface area contributed by atoms with E-state index in [2.05, 4.69) is 30.7 Å². The Morgan fingerprint density at radius 3 is 2.74 bits per heavy atom. The van der Waals surface area contributed by atoms with Crippen LogP contribution in [0.1, 0.15) is 51.3 Å². The average molecular weight is 263 g/mol. The van der Waals surface area contributed by atoms with Crippen LogP contribution >= 0.6 is 0 Å². The lowest BCUT2D eigenvalue weighted by Crippen LogP contribution is -2.34. The molecule has 1 fully saturated rings. The van der Waals surface area contributed by atoms with Gasteiger partial charge < -0.3 is 10.5 Å². The molecule has 2 unspecified atom stereocenters. The largest absolute Gasteiger partial charge is 0.460 e. The van der Waals surface area contributed by atoms with E-state index in [1.54, 1.807) is 6.20 Å². The number of aromatic nitrogens is 2. The topological polar surface area (TPSA) is 61.0 Å². The van der Waals surface area contributed by atoms with Gasteiger partial charge in [-0.15, -0.1) is 0 Å². The third kappa shape index (κ3) is 3.66. The van der Waals surface area contributed by atoms with Crippen LogP contribution in [0.25, 0.3) is 0 Å². The standard InChI is InChI=1S/C15H25N3O/c1-10-5-13(7-15(3,4)6-10)19-14-17-9-12(8-16)11(2)18-14/h9-10,13H,5-8,16H2,1-4H3. The maximum atomic E-state index is 5.98. The summed E-state index contributed by atoms with van der Waals surface area (Å²) in [4.78, 5) is 8.66. The summed E-state index contributed by atoms with van der Waals surface area (Å²) in [5.41, 5.74) is 7.85. The molecule has 0 aromatic carbocycles. The molecule has 0 amide bonds. The zero-order valence-corrected chi connectivity index (χ0v) is 12.4. The Kier molecular flexibility index (Phi) is 4.09. The molecule has 0 spiro atoms. The van der Waals surface area contributed by atoms with Gasteiger partial charge in [-0.2, -0.15) is 0 Å². The second-order valence-corrected chi connectivity index (χ2v) is 6.62. The monoisotopic (exact) mass is 263 g/mol. The molecular weight excluding hydrogens is 238 g/mol. The molecule has 0 radical (unpaired) electrons. The van der Waals surface area contributed by atoms with Crippen LogP contribution in [0.3, 0.4) is 0 Å². The highest BCUT2D eigenvalue weighted by Gasteiger charge is 2.33. The van der Waals surface area contributed by atoms with E-state index in [4.69, 9.17) is 10.5 Å². The Morgan fingerprint density at radius 2 is 2.16 bits per heavy atom. The zero-order valence-electron chi connectivity index (χ0n) is 12.4. The predicted molar refractivity (Wildman–Crippen MR) is 75.9 cm³/mol. The minimum absolute atomic E-state index is 0.224. The van der Waals surface area contributed by atoms with Crippen molar-refractivity contribution < 1.29 is 4.74 Å². The SMILES string of the molecule is Cc1nc(OC2CC(C)CC(C)(C)C2)ncc1CN. The first kappa shape index (κ1) is 14.3. The average Bonchev–Trinajstić information content (AvgIpc) is 2.26. The van der Waals surface area contributed by atoms with Crippen molar-refractivity contribution in [3.05, 3.63) is 17.5 Å². The lowest BCUT2D eigenvalue weighted by Gasteiger charge is -2.38. The van der Waals surface area contributed by atoms with E-state index < -0.39 is 0 Å². The van der Waals surface area contributed by atoms with Crippen molar-refractivity contribution >= 4 is 0 Å². The Bertz CT molecular complexity index is 445. The molecule has 0 bridgehead atoms. The number of hydrogen-bond donors (Lipinski definition) is 1. The van der Waals surface area contributed by atoms with E-state index in [0.29, 0.717) is 23.9 Å². The van der Waals surface area contributed by atoms with Crippen LogP contribution in [0, 0.1) is 18.3 Å². The van der Waals surface area contributed by atoms with Crippen molar-refractivity contribution in [2.24, 2.45) is 17.1 Å². The van der Waals surface area contributed by atoms with Gasteiger partial charge in [-0.05, 0) is 37.5 Å². The molecule has 2 rings (SSSR count). The van der Waals surface area contributed by atoms with E-state index in [1.807, 2.05) is 6.92 Å². The molecule has 4 heteroatoms. The second-order valence-electron chi connectivity index (χ2n) is 6.62. The second kappa shape index (κ2) is 5.45. The number of hydrogen-bond acceptors (Lipinski definition) is 4. The van der Waals surface area contributed by atoms with Gasteiger partial charge in [-0.1, -0.05) is 20.8 Å². The van der Waals surface area contributed by atoms with Crippen LogP contribution in [0.4, 0.5) is 0 Å². The third-order valence-electron chi connectivity index (χ3n) is 3.90. The fraction of sp³-hybridized carbons (Fsp3) is 0.733. The molecule has 1 saturated carbocycles. The highest BCUT2D eigenvalue weighted by Crippen LogP contribution is 2.39. The Hall–Kier alpha value is -1.16. The van der Waals surface area contributed by atoms with Gasteiger partial charge in [-0.3, -0.25) is 0 Å².